The number of anilines is 1. The van der Waals surface area contributed by atoms with Crippen molar-refractivity contribution in [3.63, 3.8) is 0 Å². The maximum Gasteiger partial charge on any atom is 0.335 e. The van der Waals surface area contributed by atoms with Crippen LogP contribution in [0.2, 0.25) is 0 Å². The molecule has 0 saturated carbocycles. The summed E-state index contributed by atoms with van der Waals surface area (Å²) in [6, 6.07) is 5.23. The molecule has 1 rings (SSSR count). The molecule has 0 amide bonds. The highest BCUT2D eigenvalue weighted by Crippen LogP contribution is 2.14. The zero-order chi connectivity index (χ0) is 12.0. The number of aromatic carboxylic acids is 1. The van der Waals surface area contributed by atoms with Gasteiger partial charge in [-0.15, -0.1) is 11.8 Å². The molecule has 0 aromatic heterocycles. The predicted molar refractivity (Wildman–Crippen MR) is 64.7 cm³/mol. The lowest BCUT2D eigenvalue weighted by Crippen LogP contribution is -2.03. The summed E-state index contributed by atoms with van der Waals surface area (Å²) < 4.78 is 0. The minimum atomic E-state index is -0.888. The summed E-state index contributed by atoms with van der Waals surface area (Å²) in [7, 11) is 0. The molecule has 0 unspecified atom stereocenters. The van der Waals surface area contributed by atoms with Crippen LogP contribution >= 0.6 is 0 Å². The normalized spacial score (nSPS) is 9.12. The highest BCUT2D eigenvalue weighted by molar-refractivity contribution is 5.89. The van der Waals surface area contributed by atoms with E-state index >= 15 is 0 Å². The fourth-order valence-electron chi connectivity index (χ4n) is 1.41. The smallest absolute Gasteiger partial charge is 0.335 e. The van der Waals surface area contributed by atoms with Crippen molar-refractivity contribution < 1.29 is 9.90 Å². The van der Waals surface area contributed by atoms with E-state index in [-0.39, 0.29) is 0 Å². The molecule has 0 aliphatic heterocycles. The second-order valence-corrected chi connectivity index (χ2v) is 3.44. The summed E-state index contributed by atoms with van der Waals surface area (Å²) in [5.74, 6) is 4.89. The maximum absolute atomic E-state index is 10.8. The summed E-state index contributed by atoms with van der Waals surface area (Å²) in [6.45, 7) is 4.37. The van der Waals surface area contributed by atoms with Gasteiger partial charge in [-0.1, -0.05) is 0 Å². The van der Waals surface area contributed by atoms with Crippen LogP contribution in [0, 0.1) is 18.8 Å². The molecule has 2 N–H and O–H groups in total. The van der Waals surface area contributed by atoms with Crippen molar-refractivity contribution in [1.29, 1.82) is 0 Å². The Morgan fingerprint density at radius 3 is 2.81 bits per heavy atom. The van der Waals surface area contributed by atoms with Crippen molar-refractivity contribution in [2.75, 3.05) is 11.9 Å². The fraction of sp³-hybridized carbons (Fsp3) is 0.308. The highest BCUT2D eigenvalue weighted by Gasteiger charge is 2.06. The minimum Gasteiger partial charge on any atom is -0.478 e. The first-order chi connectivity index (χ1) is 7.65. The molecular formula is C13H15NO2. The number of rotatable bonds is 4. The van der Waals surface area contributed by atoms with Crippen LogP contribution in [0.4, 0.5) is 5.69 Å². The third-order valence-electron chi connectivity index (χ3n) is 2.21. The number of aryl methyl sites for hydroxylation is 1. The van der Waals surface area contributed by atoms with Gasteiger partial charge in [0.05, 0.1) is 5.56 Å². The van der Waals surface area contributed by atoms with E-state index in [1.807, 2.05) is 13.0 Å². The summed E-state index contributed by atoms with van der Waals surface area (Å²) in [6.07, 6.45) is 0.788. The van der Waals surface area contributed by atoms with Crippen LogP contribution in [0.5, 0.6) is 0 Å². The van der Waals surface area contributed by atoms with Gasteiger partial charge < -0.3 is 10.4 Å². The van der Waals surface area contributed by atoms with Gasteiger partial charge >= 0.3 is 5.97 Å². The van der Waals surface area contributed by atoms with Gasteiger partial charge in [0.25, 0.3) is 0 Å². The second kappa shape index (κ2) is 5.82. The zero-order valence-corrected chi connectivity index (χ0v) is 9.50. The number of nitrogens with one attached hydrogen (secondary N) is 1. The largest absolute Gasteiger partial charge is 0.478 e. The summed E-state index contributed by atoms with van der Waals surface area (Å²) in [5.41, 5.74) is 2.04. The minimum absolute atomic E-state index is 0.346. The molecule has 1 aromatic rings. The molecule has 0 saturated heterocycles. The molecule has 0 atom stereocenters. The Balaban J connectivity index is 2.65. The van der Waals surface area contributed by atoms with E-state index in [2.05, 4.69) is 17.2 Å². The number of carboxylic acid groups (broad SMARTS) is 1. The number of hydrogen-bond acceptors (Lipinski definition) is 2. The first-order valence-electron chi connectivity index (χ1n) is 5.12. The first-order valence-corrected chi connectivity index (χ1v) is 5.12. The van der Waals surface area contributed by atoms with Crippen molar-refractivity contribution in [3.05, 3.63) is 29.3 Å². The van der Waals surface area contributed by atoms with E-state index in [4.69, 9.17) is 5.11 Å². The topological polar surface area (TPSA) is 49.3 Å². The Labute approximate surface area is 95.5 Å². The lowest BCUT2D eigenvalue weighted by atomic mass is 10.1. The molecular weight excluding hydrogens is 202 g/mol. The van der Waals surface area contributed by atoms with E-state index in [1.165, 1.54) is 0 Å². The highest BCUT2D eigenvalue weighted by atomic mass is 16.4. The van der Waals surface area contributed by atoms with Crippen LogP contribution in [0.15, 0.2) is 18.2 Å². The summed E-state index contributed by atoms with van der Waals surface area (Å²) in [5, 5.41) is 12.1. The molecule has 0 spiro atoms. The Bertz CT molecular complexity index is 441. The number of benzene rings is 1. The van der Waals surface area contributed by atoms with Gasteiger partial charge in [-0.05, 0) is 37.6 Å². The molecule has 0 radical (unpaired) electrons. The van der Waals surface area contributed by atoms with Crippen LogP contribution in [0.1, 0.15) is 29.3 Å². The van der Waals surface area contributed by atoms with Crippen molar-refractivity contribution in [3.8, 4) is 11.8 Å². The Kier molecular flexibility index (Phi) is 4.41. The molecule has 0 bridgehead atoms. The first kappa shape index (κ1) is 12.1. The van der Waals surface area contributed by atoms with Gasteiger partial charge in [0.2, 0.25) is 0 Å². The lowest BCUT2D eigenvalue weighted by molar-refractivity contribution is 0.0696. The van der Waals surface area contributed by atoms with Crippen LogP contribution in [-0.2, 0) is 0 Å². The van der Waals surface area contributed by atoms with Crippen molar-refractivity contribution in [2.24, 2.45) is 0 Å². The summed E-state index contributed by atoms with van der Waals surface area (Å²) >= 11 is 0. The molecule has 0 fully saturated rings. The average molecular weight is 217 g/mol. The van der Waals surface area contributed by atoms with E-state index in [9.17, 15) is 4.79 Å². The molecule has 0 aliphatic rings. The van der Waals surface area contributed by atoms with Gasteiger partial charge in [-0.2, -0.15) is 0 Å². The molecule has 3 heteroatoms. The Hall–Kier alpha value is -1.95. The molecule has 0 aliphatic carbocycles. The number of carboxylic acids is 1. The fourth-order valence-corrected chi connectivity index (χ4v) is 1.41. The number of carbonyl (C=O) groups is 1. The average Bonchev–Trinajstić information content (AvgIpc) is 2.24. The van der Waals surface area contributed by atoms with Crippen LogP contribution in [-0.4, -0.2) is 17.6 Å². The third-order valence-corrected chi connectivity index (χ3v) is 2.21. The molecule has 16 heavy (non-hydrogen) atoms. The lowest BCUT2D eigenvalue weighted by Gasteiger charge is -2.07. The van der Waals surface area contributed by atoms with E-state index in [0.29, 0.717) is 5.56 Å². The van der Waals surface area contributed by atoms with Crippen LogP contribution in [0.3, 0.4) is 0 Å². The summed E-state index contributed by atoms with van der Waals surface area (Å²) in [4.78, 5) is 10.8. The van der Waals surface area contributed by atoms with Gasteiger partial charge in [-0.25, -0.2) is 4.79 Å². The van der Waals surface area contributed by atoms with Crippen molar-refractivity contribution >= 4 is 11.7 Å². The SMILES string of the molecule is CC#CCCNc1ccc(C(=O)O)c(C)c1. The second-order valence-electron chi connectivity index (χ2n) is 3.44. The van der Waals surface area contributed by atoms with Gasteiger partial charge in [0, 0.05) is 18.7 Å². The van der Waals surface area contributed by atoms with Crippen molar-refractivity contribution in [2.45, 2.75) is 20.3 Å². The Morgan fingerprint density at radius 2 is 2.25 bits per heavy atom. The third kappa shape index (κ3) is 3.32. The molecule has 3 nitrogen and oxygen atoms in total. The van der Waals surface area contributed by atoms with E-state index in [1.54, 1.807) is 19.1 Å². The van der Waals surface area contributed by atoms with Gasteiger partial charge in [0.15, 0.2) is 0 Å². The quantitative estimate of drug-likeness (QED) is 0.602. The zero-order valence-electron chi connectivity index (χ0n) is 9.50. The van der Waals surface area contributed by atoms with E-state index < -0.39 is 5.97 Å². The van der Waals surface area contributed by atoms with Crippen LogP contribution < -0.4 is 5.32 Å². The van der Waals surface area contributed by atoms with Crippen LogP contribution in [0.25, 0.3) is 0 Å². The van der Waals surface area contributed by atoms with Gasteiger partial charge in [-0.3, -0.25) is 0 Å². The monoisotopic (exact) mass is 217 g/mol. The Morgan fingerprint density at radius 1 is 1.50 bits per heavy atom. The predicted octanol–water partition coefficient (Wildman–Crippen LogP) is 2.52. The van der Waals surface area contributed by atoms with Gasteiger partial charge in [0.1, 0.15) is 0 Å². The van der Waals surface area contributed by atoms with Crippen molar-refractivity contribution in [1.82, 2.24) is 0 Å². The molecule has 0 heterocycles. The molecule has 84 valence electrons. The standard InChI is InChI=1S/C13H15NO2/c1-3-4-5-8-14-11-6-7-12(13(15)16)10(2)9-11/h6-7,9,14H,5,8H2,1-2H3,(H,15,16). The number of hydrogen-bond donors (Lipinski definition) is 2. The van der Waals surface area contributed by atoms with E-state index in [0.717, 1.165) is 24.2 Å². The maximum atomic E-state index is 10.8. The molecule has 1 aromatic carbocycles.